The molecule has 7 nitrogen and oxygen atoms in total. The number of benzene rings is 2. The lowest BCUT2D eigenvalue weighted by Gasteiger charge is -2.46. The van der Waals surface area contributed by atoms with Gasteiger partial charge in [-0.25, -0.2) is 13.1 Å². The third kappa shape index (κ3) is 5.51. The van der Waals surface area contributed by atoms with Gasteiger partial charge in [-0.3, -0.25) is 4.79 Å². The van der Waals surface area contributed by atoms with Crippen LogP contribution in [0.5, 0.6) is 5.75 Å². The molecule has 5 atom stereocenters. The molecule has 2 aromatic rings. The van der Waals surface area contributed by atoms with Crippen molar-refractivity contribution in [3.8, 4) is 5.75 Å². The third-order valence-electron chi connectivity index (χ3n) is 9.72. The van der Waals surface area contributed by atoms with E-state index < -0.39 is 21.8 Å². The largest absolute Gasteiger partial charge is 0.490 e. The third-order valence-corrected chi connectivity index (χ3v) is 11.3. The summed E-state index contributed by atoms with van der Waals surface area (Å²) in [5, 5.41) is 0.742. The zero-order chi connectivity index (χ0) is 28.8. The van der Waals surface area contributed by atoms with Crippen LogP contribution in [0.4, 0.5) is 5.69 Å². The van der Waals surface area contributed by atoms with Crippen molar-refractivity contribution in [1.29, 1.82) is 0 Å². The summed E-state index contributed by atoms with van der Waals surface area (Å²) in [6, 6.07) is 11.2. The van der Waals surface area contributed by atoms with E-state index in [2.05, 4.69) is 33.9 Å². The average Bonchev–Trinajstić information content (AvgIpc) is 3.08. The maximum absolute atomic E-state index is 13.4. The Balaban J connectivity index is 1.44. The molecule has 4 aliphatic rings. The van der Waals surface area contributed by atoms with Crippen LogP contribution in [0, 0.1) is 17.8 Å². The highest BCUT2D eigenvalue weighted by molar-refractivity contribution is 7.90. The molecular formula is C32H39ClN2O5S. The minimum Gasteiger partial charge on any atom is -0.490 e. The van der Waals surface area contributed by atoms with Crippen molar-refractivity contribution in [3.05, 3.63) is 64.7 Å². The number of allylic oxidation sites excluding steroid dienone is 1. The fourth-order valence-electron chi connectivity index (χ4n) is 7.19. The monoisotopic (exact) mass is 598 g/mol. The summed E-state index contributed by atoms with van der Waals surface area (Å²) >= 11 is 6.39. The molecule has 2 aromatic carbocycles. The number of anilines is 1. The standard InChI is InChI=1S/C32H39ClN2O5S/c1-21-6-3-4-8-29(39-2)26-12-9-23(26)18-35-19-32(15-5-7-22-16-24(33)10-13-27(22)32)20-40-30-14-11-25(17-28(30)35)41(37,38)34-31(21)36/h4,8,10-11,13-14,16-17,21,23,26,29H,3,5-7,9,12,15,18-20H2,1-2H3,(H,34,36)/b8-4+/t21-,23+,26-,29+,32+/m1/s1. The van der Waals surface area contributed by atoms with Crippen molar-refractivity contribution >= 4 is 33.2 Å². The molecule has 1 saturated carbocycles. The predicted octanol–water partition coefficient (Wildman–Crippen LogP) is 5.65. The van der Waals surface area contributed by atoms with E-state index >= 15 is 0 Å². The molecule has 2 heterocycles. The van der Waals surface area contributed by atoms with Crippen LogP contribution >= 0.6 is 11.6 Å². The van der Waals surface area contributed by atoms with Crippen LogP contribution in [0.3, 0.4) is 0 Å². The topological polar surface area (TPSA) is 84.9 Å². The van der Waals surface area contributed by atoms with Crippen molar-refractivity contribution in [1.82, 2.24) is 4.72 Å². The lowest BCUT2D eigenvalue weighted by molar-refractivity contribution is -0.122. The summed E-state index contributed by atoms with van der Waals surface area (Å²) in [5.74, 6) is 0.500. The first kappa shape index (κ1) is 28.6. The molecule has 220 valence electrons. The van der Waals surface area contributed by atoms with Gasteiger partial charge in [-0.1, -0.05) is 36.7 Å². The maximum atomic E-state index is 13.4. The quantitative estimate of drug-likeness (QED) is 0.427. The lowest BCUT2D eigenvalue weighted by Crippen LogP contribution is -2.49. The van der Waals surface area contributed by atoms with E-state index in [9.17, 15) is 13.2 Å². The first-order valence-electron chi connectivity index (χ1n) is 14.8. The minimum absolute atomic E-state index is 0.00621. The van der Waals surface area contributed by atoms with Gasteiger partial charge in [-0.15, -0.1) is 0 Å². The molecule has 9 heteroatoms. The van der Waals surface area contributed by atoms with Gasteiger partial charge in [-0.2, -0.15) is 0 Å². The van der Waals surface area contributed by atoms with Crippen LogP contribution in [-0.4, -0.2) is 47.2 Å². The van der Waals surface area contributed by atoms with Gasteiger partial charge >= 0.3 is 0 Å². The summed E-state index contributed by atoms with van der Waals surface area (Å²) in [6.45, 7) is 3.74. The van der Waals surface area contributed by atoms with Gasteiger partial charge in [0.15, 0.2) is 0 Å². The van der Waals surface area contributed by atoms with E-state index in [4.69, 9.17) is 21.1 Å². The predicted molar refractivity (Wildman–Crippen MR) is 160 cm³/mol. The Hall–Kier alpha value is -2.55. The summed E-state index contributed by atoms with van der Waals surface area (Å²) in [5.41, 5.74) is 3.04. The zero-order valence-corrected chi connectivity index (χ0v) is 25.3. The molecular weight excluding hydrogens is 560 g/mol. The number of amides is 1. The van der Waals surface area contributed by atoms with Gasteiger partial charge < -0.3 is 14.4 Å². The van der Waals surface area contributed by atoms with Crippen molar-refractivity contribution in [3.63, 3.8) is 0 Å². The number of carbonyl (C=O) groups is 1. The Morgan fingerprint density at radius 2 is 2.00 bits per heavy atom. The van der Waals surface area contributed by atoms with Crippen LogP contribution in [0.2, 0.25) is 5.02 Å². The fraction of sp³-hybridized carbons (Fsp3) is 0.531. The number of aryl methyl sites for hydroxylation is 1. The molecule has 1 fully saturated rings. The maximum Gasteiger partial charge on any atom is 0.264 e. The van der Waals surface area contributed by atoms with Gasteiger partial charge in [0.05, 0.1) is 23.3 Å². The summed E-state index contributed by atoms with van der Waals surface area (Å²) < 4.78 is 41.6. The first-order valence-corrected chi connectivity index (χ1v) is 16.6. The number of sulfonamides is 1. The Morgan fingerprint density at radius 1 is 1.15 bits per heavy atom. The zero-order valence-electron chi connectivity index (χ0n) is 23.8. The van der Waals surface area contributed by atoms with E-state index in [1.165, 1.54) is 11.1 Å². The van der Waals surface area contributed by atoms with E-state index in [1.54, 1.807) is 32.2 Å². The summed E-state index contributed by atoms with van der Waals surface area (Å²) in [4.78, 5) is 15.3. The second-order valence-corrected chi connectivity index (χ2v) is 14.4. The van der Waals surface area contributed by atoms with Crippen molar-refractivity contribution in [2.24, 2.45) is 17.8 Å². The van der Waals surface area contributed by atoms with Crippen molar-refractivity contribution < 1.29 is 22.7 Å². The molecule has 1 amide bonds. The smallest absolute Gasteiger partial charge is 0.264 e. The van der Waals surface area contributed by atoms with E-state index in [0.29, 0.717) is 43.6 Å². The van der Waals surface area contributed by atoms with Gasteiger partial charge in [0.2, 0.25) is 5.91 Å². The number of carbonyl (C=O) groups excluding carboxylic acids is 1. The SMILES string of the molecule is CO[C@H]1/C=C/CC[C@@H](C)C(=O)NS(=O)(=O)c2ccc3c(c2)N(C[C@@H]2CC[C@H]21)C[C@@]1(CCCc2cc(Cl)ccc21)CO3. The van der Waals surface area contributed by atoms with Crippen molar-refractivity contribution in [2.75, 3.05) is 31.7 Å². The minimum atomic E-state index is -4.05. The van der Waals surface area contributed by atoms with Gasteiger partial charge in [0, 0.05) is 36.6 Å². The molecule has 1 N–H and O–H groups in total. The van der Waals surface area contributed by atoms with Crippen LogP contribution in [0.1, 0.15) is 56.6 Å². The first-order chi connectivity index (χ1) is 19.7. The number of rotatable bonds is 1. The molecule has 6 rings (SSSR count). The molecule has 2 aliphatic heterocycles. The Bertz CT molecular complexity index is 1460. The lowest BCUT2D eigenvalue weighted by atomic mass is 9.68. The molecule has 1 spiro atoms. The molecule has 2 bridgehead atoms. The highest BCUT2D eigenvalue weighted by Crippen LogP contribution is 2.47. The van der Waals surface area contributed by atoms with E-state index in [-0.39, 0.29) is 16.4 Å². The van der Waals surface area contributed by atoms with Crippen molar-refractivity contribution in [2.45, 2.75) is 68.3 Å². The second-order valence-electron chi connectivity index (χ2n) is 12.3. The van der Waals surface area contributed by atoms with E-state index in [0.717, 1.165) is 49.4 Å². The number of halogens is 1. The summed E-state index contributed by atoms with van der Waals surface area (Å²) in [6.07, 6.45) is 10.6. The number of hydrogen-bond donors (Lipinski definition) is 1. The number of nitrogens with one attached hydrogen (secondary N) is 1. The number of fused-ring (bicyclic) bond motifs is 4. The highest BCUT2D eigenvalue weighted by atomic mass is 35.5. The Kier molecular flexibility index (Phi) is 7.85. The summed E-state index contributed by atoms with van der Waals surface area (Å²) in [7, 11) is -2.28. The molecule has 2 aliphatic carbocycles. The number of methoxy groups -OCH3 is 1. The van der Waals surface area contributed by atoms with Crippen LogP contribution in [-0.2, 0) is 31.4 Å². The number of ether oxygens (including phenoxy) is 2. The molecule has 41 heavy (non-hydrogen) atoms. The highest BCUT2D eigenvalue weighted by Gasteiger charge is 2.44. The molecule has 0 unspecified atom stereocenters. The van der Waals surface area contributed by atoms with Crippen LogP contribution in [0.25, 0.3) is 0 Å². The van der Waals surface area contributed by atoms with E-state index in [1.807, 2.05) is 6.07 Å². The molecule has 0 aromatic heterocycles. The van der Waals surface area contributed by atoms with Crippen LogP contribution in [0.15, 0.2) is 53.4 Å². The number of hydrogen-bond acceptors (Lipinski definition) is 6. The Morgan fingerprint density at radius 3 is 2.78 bits per heavy atom. The van der Waals surface area contributed by atoms with Gasteiger partial charge in [0.25, 0.3) is 10.0 Å². The normalized spacial score (nSPS) is 32.0. The Labute approximate surface area is 248 Å². The van der Waals surface area contributed by atoms with Gasteiger partial charge in [-0.05, 0) is 98.2 Å². The van der Waals surface area contributed by atoms with Gasteiger partial charge in [0.1, 0.15) is 5.75 Å². The average molecular weight is 599 g/mol. The molecule has 0 radical (unpaired) electrons. The molecule has 0 saturated heterocycles. The van der Waals surface area contributed by atoms with Crippen LogP contribution < -0.4 is 14.4 Å². The fourth-order valence-corrected chi connectivity index (χ4v) is 8.49. The number of nitrogens with zero attached hydrogens (tertiary/aromatic N) is 1. The second kappa shape index (κ2) is 11.3.